The average molecular weight is 792 g/mol. The maximum absolute atomic E-state index is 8.70. The number of amidine groups is 2. The minimum Gasteiger partial charge on any atom is -0.282 e. The van der Waals surface area contributed by atoms with Crippen molar-refractivity contribution in [1.29, 1.82) is 5.41 Å². The smallest absolute Gasteiger partial charge is 0.161 e. The van der Waals surface area contributed by atoms with Crippen molar-refractivity contribution in [3.8, 4) is 33.4 Å². The van der Waals surface area contributed by atoms with Crippen LogP contribution in [0.5, 0.6) is 0 Å². The molecule has 0 bridgehead atoms. The fourth-order valence-corrected chi connectivity index (χ4v) is 10.1. The van der Waals surface area contributed by atoms with Crippen molar-refractivity contribution in [3.05, 3.63) is 251 Å². The number of nitrogens with one attached hydrogen (secondary N) is 1. The van der Waals surface area contributed by atoms with E-state index in [1.807, 2.05) is 48.5 Å². The third kappa shape index (κ3) is 5.70. The van der Waals surface area contributed by atoms with E-state index in [9.17, 15) is 0 Å². The number of hydrogen-bond acceptors (Lipinski definition) is 1. The number of aryl methyl sites for hydroxylation is 1. The highest BCUT2D eigenvalue weighted by Gasteiger charge is 2.51. The molecule has 0 aliphatic heterocycles. The summed E-state index contributed by atoms with van der Waals surface area (Å²) >= 11 is 0. The van der Waals surface area contributed by atoms with Crippen molar-refractivity contribution in [2.24, 2.45) is 9.98 Å². The first-order valence-electron chi connectivity index (χ1n) is 21.1. The molecule has 0 amide bonds. The monoisotopic (exact) mass is 791 g/mol. The van der Waals surface area contributed by atoms with Gasteiger partial charge in [0.1, 0.15) is 0 Å². The Balaban J connectivity index is 0.000000565. The van der Waals surface area contributed by atoms with E-state index in [1.165, 1.54) is 77.4 Å². The Kier molecular flexibility index (Phi) is 8.91. The van der Waals surface area contributed by atoms with Gasteiger partial charge in [0.05, 0.1) is 5.41 Å². The first kappa shape index (κ1) is 37.0. The molecule has 1 spiro atoms. The van der Waals surface area contributed by atoms with Crippen LogP contribution in [0.4, 0.5) is 0 Å². The lowest BCUT2D eigenvalue weighted by atomic mass is 9.70. The van der Waals surface area contributed by atoms with Crippen LogP contribution in [0.1, 0.15) is 38.9 Å². The Morgan fingerprint density at radius 3 is 1.52 bits per heavy atom. The maximum Gasteiger partial charge on any atom is 0.161 e. The molecule has 62 heavy (non-hydrogen) atoms. The van der Waals surface area contributed by atoms with Crippen LogP contribution >= 0.6 is 0 Å². The summed E-state index contributed by atoms with van der Waals surface area (Å²) in [5, 5.41) is 15.7. The third-order valence-electron chi connectivity index (χ3n) is 12.8. The van der Waals surface area contributed by atoms with Crippen LogP contribution in [0.2, 0.25) is 0 Å². The average Bonchev–Trinajstić information content (AvgIpc) is 3.81. The third-order valence-corrected chi connectivity index (χ3v) is 12.8. The van der Waals surface area contributed by atoms with Crippen molar-refractivity contribution in [2.45, 2.75) is 12.3 Å². The second-order valence-corrected chi connectivity index (χ2v) is 16.1. The summed E-state index contributed by atoms with van der Waals surface area (Å²) in [6.07, 6.45) is 0. The van der Waals surface area contributed by atoms with E-state index in [-0.39, 0.29) is 5.84 Å². The number of benzene rings is 10. The van der Waals surface area contributed by atoms with Gasteiger partial charge in [0.15, 0.2) is 11.7 Å². The van der Waals surface area contributed by atoms with Gasteiger partial charge in [-0.1, -0.05) is 206 Å². The number of nitrogens with zero attached hydrogens (tertiary/aromatic N) is 2. The van der Waals surface area contributed by atoms with Crippen LogP contribution in [-0.2, 0) is 5.41 Å². The molecule has 0 saturated carbocycles. The van der Waals surface area contributed by atoms with Crippen LogP contribution < -0.4 is 0 Å². The molecule has 0 fully saturated rings. The van der Waals surface area contributed by atoms with Gasteiger partial charge in [-0.15, -0.1) is 0 Å². The van der Waals surface area contributed by atoms with E-state index >= 15 is 0 Å². The zero-order valence-corrected chi connectivity index (χ0v) is 34.3. The first-order chi connectivity index (χ1) is 30.6. The molecule has 12 rings (SSSR count). The van der Waals surface area contributed by atoms with Crippen LogP contribution in [0.3, 0.4) is 0 Å². The minimum atomic E-state index is -0.412. The Hall–Kier alpha value is -8.01. The topological polar surface area (TPSA) is 48.6 Å². The van der Waals surface area contributed by atoms with Crippen molar-refractivity contribution >= 4 is 50.7 Å². The summed E-state index contributed by atoms with van der Waals surface area (Å²) in [5.74, 6) is 0.576. The Labute approximate surface area is 361 Å². The standard InChI is InChI=1S/C52H33N3.C7H8/c1-54-51(55-50(53)32-14-3-2-4-15-32)34-27-29-43-44(30-34)37-17-6-5-16-36(37)42-22-13-21-35(49(42)43)33-26-28-41-40-20-9-12-25-47(40)52(48(41)31-33)45-23-10-7-18-38(45)39-19-8-11-24-46(39)52;1-7-5-3-2-4-6-7/h2-31,53H,1H2;2-6H,1H3. The normalized spacial score (nSPS) is 13.0. The molecule has 292 valence electrons. The van der Waals surface area contributed by atoms with Gasteiger partial charge in [-0.05, 0) is 114 Å². The van der Waals surface area contributed by atoms with Gasteiger partial charge in [0.2, 0.25) is 0 Å². The quantitative estimate of drug-likeness (QED) is 0.105. The second-order valence-electron chi connectivity index (χ2n) is 16.1. The summed E-state index contributed by atoms with van der Waals surface area (Å²) in [4.78, 5) is 8.95. The van der Waals surface area contributed by atoms with Crippen LogP contribution in [-0.4, -0.2) is 18.4 Å². The molecule has 0 atom stereocenters. The van der Waals surface area contributed by atoms with Crippen molar-refractivity contribution in [3.63, 3.8) is 0 Å². The molecule has 0 aromatic heterocycles. The molecule has 10 aromatic rings. The molecular formula is C59H41N3. The molecule has 0 heterocycles. The van der Waals surface area contributed by atoms with Gasteiger partial charge in [-0.2, -0.15) is 0 Å². The molecular weight excluding hydrogens is 751 g/mol. The number of hydrogen-bond donors (Lipinski definition) is 1. The van der Waals surface area contributed by atoms with Crippen LogP contribution in [0, 0.1) is 12.3 Å². The zero-order chi connectivity index (χ0) is 41.8. The van der Waals surface area contributed by atoms with Crippen LogP contribution in [0.25, 0.3) is 65.7 Å². The van der Waals surface area contributed by atoms with Crippen molar-refractivity contribution < 1.29 is 0 Å². The summed E-state index contributed by atoms with van der Waals surface area (Å²) in [6, 6.07) is 75.7. The highest BCUT2D eigenvalue weighted by atomic mass is 14.9. The summed E-state index contributed by atoms with van der Waals surface area (Å²) in [6.45, 7) is 5.94. The fourth-order valence-electron chi connectivity index (χ4n) is 10.1. The maximum atomic E-state index is 8.70. The van der Waals surface area contributed by atoms with Gasteiger partial charge < -0.3 is 0 Å². The Morgan fingerprint density at radius 1 is 0.419 bits per heavy atom. The highest BCUT2D eigenvalue weighted by Crippen LogP contribution is 2.63. The van der Waals surface area contributed by atoms with E-state index in [2.05, 4.69) is 187 Å². The summed E-state index contributed by atoms with van der Waals surface area (Å²) in [5.41, 5.74) is 15.4. The SMILES string of the molecule is C=NC(=NC(=N)c1ccccc1)c1ccc2c(c1)c1ccccc1c1cccc(-c3ccc4c(c3)C3(c5ccccc5-c5ccccc53)c3ccccc3-4)c12.Cc1ccccc1. The lowest BCUT2D eigenvalue weighted by Gasteiger charge is -2.30. The molecule has 10 aromatic carbocycles. The predicted molar refractivity (Wildman–Crippen MR) is 261 cm³/mol. The van der Waals surface area contributed by atoms with Gasteiger partial charge in [0, 0.05) is 11.1 Å². The Morgan fingerprint density at radius 2 is 0.919 bits per heavy atom. The number of fused-ring (bicyclic) bond motifs is 16. The van der Waals surface area contributed by atoms with Gasteiger partial charge >= 0.3 is 0 Å². The molecule has 0 unspecified atom stereocenters. The van der Waals surface area contributed by atoms with Crippen molar-refractivity contribution in [1.82, 2.24) is 0 Å². The van der Waals surface area contributed by atoms with E-state index in [1.54, 1.807) is 0 Å². The first-order valence-corrected chi connectivity index (χ1v) is 21.1. The molecule has 0 radical (unpaired) electrons. The van der Waals surface area contributed by atoms with Crippen LogP contribution in [0.15, 0.2) is 222 Å². The number of rotatable bonds is 3. The van der Waals surface area contributed by atoms with E-state index in [0.717, 1.165) is 27.3 Å². The largest absolute Gasteiger partial charge is 0.282 e. The molecule has 3 nitrogen and oxygen atoms in total. The predicted octanol–water partition coefficient (Wildman–Crippen LogP) is 14.6. The zero-order valence-electron chi connectivity index (χ0n) is 34.3. The number of aliphatic imine (C=N–C) groups is 2. The van der Waals surface area contributed by atoms with E-state index in [4.69, 9.17) is 5.41 Å². The lowest BCUT2D eigenvalue weighted by molar-refractivity contribution is 0.794. The lowest BCUT2D eigenvalue weighted by Crippen LogP contribution is -2.25. The fraction of sp³-hybridized carbons (Fsp3) is 0.0339. The summed E-state index contributed by atoms with van der Waals surface area (Å²) in [7, 11) is 0. The van der Waals surface area contributed by atoms with Gasteiger partial charge in [-0.3, -0.25) is 5.41 Å². The second kappa shape index (κ2) is 14.9. The van der Waals surface area contributed by atoms with Gasteiger partial charge in [-0.25, -0.2) is 9.98 Å². The molecule has 0 saturated heterocycles. The summed E-state index contributed by atoms with van der Waals surface area (Å²) < 4.78 is 0. The molecule has 3 heteroatoms. The minimum absolute atomic E-state index is 0.151. The molecule has 2 aliphatic carbocycles. The van der Waals surface area contributed by atoms with Crippen molar-refractivity contribution in [2.75, 3.05) is 0 Å². The highest BCUT2D eigenvalue weighted by molar-refractivity contribution is 6.29. The Bertz CT molecular complexity index is 3390. The molecule has 2 aliphatic rings. The van der Waals surface area contributed by atoms with E-state index < -0.39 is 5.41 Å². The van der Waals surface area contributed by atoms with E-state index in [0.29, 0.717) is 5.84 Å². The van der Waals surface area contributed by atoms with Gasteiger partial charge in [0.25, 0.3) is 0 Å². The molecule has 1 N–H and O–H groups in total.